The number of hydrogen-bond acceptors (Lipinski definition) is 4. The number of nitrogens with zero attached hydrogens (tertiary/aromatic N) is 2. The smallest absolute Gasteiger partial charge is 0.258 e. The molecule has 0 saturated heterocycles. The molecule has 0 aromatic heterocycles. The van der Waals surface area contributed by atoms with E-state index in [1.807, 2.05) is 0 Å². The van der Waals surface area contributed by atoms with E-state index in [1.165, 1.54) is 0 Å². The van der Waals surface area contributed by atoms with Gasteiger partial charge >= 0.3 is 11.8 Å². The SMILES string of the molecule is O=[N+]([O-])c1cccc(C2(F)C(F)(F)C(F)(F)C2(F)c2cccc([N+](=O)[O-])c2)c1. The Hall–Kier alpha value is -3.18. The molecular weight excluding hydrogens is 398 g/mol. The highest BCUT2D eigenvalue weighted by Gasteiger charge is 2.98. The quantitative estimate of drug-likeness (QED) is 0.414. The first-order valence-electron chi connectivity index (χ1n) is 7.45. The predicted octanol–water partition coefficient (Wildman–Crippen LogP) is 4.82. The minimum atomic E-state index is -5.59. The highest BCUT2D eigenvalue weighted by atomic mass is 19.3. The summed E-state index contributed by atoms with van der Waals surface area (Å²) in [7, 11) is 0. The van der Waals surface area contributed by atoms with Crippen LogP contribution in [0.25, 0.3) is 0 Å². The second kappa shape index (κ2) is 5.66. The fourth-order valence-corrected chi connectivity index (χ4v) is 3.23. The minimum absolute atomic E-state index is 0.217. The molecule has 0 aliphatic heterocycles. The molecule has 0 N–H and O–H groups in total. The number of benzene rings is 2. The Balaban J connectivity index is 2.29. The van der Waals surface area contributed by atoms with Crippen LogP contribution in [0.4, 0.5) is 37.7 Å². The first-order valence-corrected chi connectivity index (χ1v) is 7.45. The topological polar surface area (TPSA) is 86.3 Å². The summed E-state index contributed by atoms with van der Waals surface area (Å²) in [5.41, 5.74) is -14.1. The van der Waals surface area contributed by atoms with Gasteiger partial charge in [0.2, 0.25) is 11.3 Å². The fourth-order valence-electron chi connectivity index (χ4n) is 3.23. The van der Waals surface area contributed by atoms with Crippen molar-refractivity contribution in [2.75, 3.05) is 0 Å². The molecule has 0 amide bonds. The van der Waals surface area contributed by atoms with Crippen LogP contribution < -0.4 is 0 Å². The van der Waals surface area contributed by atoms with Crippen molar-refractivity contribution in [3.05, 3.63) is 79.9 Å². The van der Waals surface area contributed by atoms with E-state index in [0.29, 0.717) is 12.1 Å². The van der Waals surface area contributed by atoms with Crippen molar-refractivity contribution < 1.29 is 36.2 Å². The second-order valence-electron chi connectivity index (χ2n) is 6.08. The van der Waals surface area contributed by atoms with Crippen molar-refractivity contribution >= 4 is 11.4 Å². The van der Waals surface area contributed by atoms with E-state index in [2.05, 4.69) is 0 Å². The lowest BCUT2D eigenvalue weighted by atomic mass is 9.55. The maximum absolute atomic E-state index is 15.4. The number of alkyl halides is 6. The fraction of sp³-hybridized carbons (Fsp3) is 0.250. The van der Waals surface area contributed by atoms with Crippen LogP contribution in [-0.4, -0.2) is 21.7 Å². The highest BCUT2D eigenvalue weighted by Crippen LogP contribution is 2.76. The van der Waals surface area contributed by atoms with Gasteiger partial charge in [-0.05, 0) is 0 Å². The third-order valence-corrected chi connectivity index (χ3v) is 4.64. The maximum atomic E-state index is 15.4. The van der Waals surface area contributed by atoms with Crippen molar-refractivity contribution in [1.82, 2.24) is 0 Å². The van der Waals surface area contributed by atoms with Gasteiger partial charge in [-0.3, -0.25) is 20.2 Å². The largest absolute Gasteiger partial charge is 0.355 e. The normalized spacial score (nSPS) is 27.6. The molecule has 1 aliphatic carbocycles. The lowest BCUT2D eigenvalue weighted by Gasteiger charge is -2.58. The first kappa shape index (κ1) is 19.6. The summed E-state index contributed by atoms with van der Waals surface area (Å²) < 4.78 is 87.5. The van der Waals surface area contributed by atoms with Crippen molar-refractivity contribution in [1.29, 1.82) is 0 Å². The summed E-state index contributed by atoms with van der Waals surface area (Å²) in [6, 6.07) is 4.45. The monoisotopic (exact) mass is 406 g/mol. The predicted molar refractivity (Wildman–Crippen MR) is 81.7 cm³/mol. The first-order chi connectivity index (χ1) is 12.8. The Morgan fingerprint density at radius 3 is 1.25 bits per heavy atom. The number of nitro groups is 2. The van der Waals surface area contributed by atoms with Crippen molar-refractivity contribution in [2.24, 2.45) is 0 Å². The van der Waals surface area contributed by atoms with Gasteiger partial charge in [-0.2, -0.15) is 17.6 Å². The van der Waals surface area contributed by atoms with Gasteiger partial charge in [-0.25, -0.2) is 8.78 Å². The highest BCUT2D eigenvalue weighted by molar-refractivity contribution is 5.52. The van der Waals surface area contributed by atoms with Crippen LogP contribution in [0, 0.1) is 20.2 Å². The average Bonchev–Trinajstić information content (AvgIpc) is 2.66. The number of rotatable bonds is 4. The summed E-state index contributed by atoms with van der Waals surface area (Å²) in [5, 5.41) is 21.6. The van der Waals surface area contributed by atoms with Crippen molar-refractivity contribution in [2.45, 2.75) is 23.2 Å². The zero-order valence-electron chi connectivity index (χ0n) is 13.4. The third kappa shape index (κ3) is 2.05. The molecule has 0 bridgehead atoms. The molecule has 1 aliphatic rings. The maximum Gasteiger partial charge on any atom is 0.355 e. The lowest BCUT2D eigenvalue weighted by molar-refractivity contribution is -0.451. The standard InChI is InChI=1S/C16H8F6N2O4/c17-13(9-3-1-5-11(7-9)23(25)26)14(18,16(21,22)15(13,19)20)10-4-2-6-12(8-10)24(27)28/h1-8H. The van der Waals surface area contributed by atoms with E-state index >= 15 is 8.78 Å². The summed E-state index contributed by atoms with van der Waals surface area (Å²) >= 11 is 0. The minimum Gasteiger partial charge on any atom is -0.258 e. The number of nitro benzene ring substituents is 2. The van der Waals surface area contributed by atoms with E-state index < -0.39 is 55.5 Å². The number of non-ortho nitro benzene ring substituents is 2. The van der Waals surface area contributed by atoms with Crippen molar-refractivity contribution in [3.63, 3.8) is 0 Å². The van der Waals surface area contributed by atoms with Gasteiger partial charge in [0.15, 0.2) is 0 Å². The zero-order chi connectivity index (χ0) is 21.1. The van der Waals surface area contributed by atoms with Crippen molar-refractivity contribution in [3.8, 4) is 0 Å². The molecule has 2 unspecified atom stereocenters. The van der Waals surface area contributed by atoms with E-state index in [-0.39, 0.29) is 12.1 Å². The van der Waals surface area contributed by atoms with Crippen LogP contribution in [0.3, 0.4) is 0 Å². The van der Waals surface area contributed by atoms with Gasteiger partial charge in [0.1, 0.15) is 0 Å². The molecule has 1 saturated carbocycles. The van der Waals surface area contributed by atoms with Crippen LogP contribution in [0.15, 0.2) is 48.5 Å². The second-order valence-corrected chi connectivity index (χ2v) is 6.08. The number of hydrogen-bond donors (Lipinski definition) is 0. The Morgan fingerprint density at radius 2 is 0.964 bits per heavy atom. The third-order valence-electron chi connectivity index (χ3n) is 4.64. The Labute approximate surface area is 151 Å². The molecule has 28 heavy (non-hydrogen) atoms. The molecule has 6 nitrogen and oxygen atoms in total. The summed E-state index contributed by atoms with van der Waals surface area (Å²) in [6.07, 6.45) is 0. The van der Waals surface area contributed by atoms with E-state index in [1.54, 1.807) is 0 Å². The van der Waals surface area contributed by atoms with E-state index in [4.69, 9.17) is 0 Å². The van der Waals surface area contributed by atoms with Gasteiger partial charge < -0.3 is 0 Å². The molecular formula is C16H8F6N2O4. The summed E-state index contributed by atoms with van der Waals surface area (Å²) in [4.78, 5) is 19.4. The van der Waals surface area contributed by atoms with Crippen LogP contribution in [0.1, 0.15) is 11.1 Å². The molecule has 1 fully saturated rings. The van der Waals surface area contributed by atoms with Crippen LogP contribution in [0.5, 0.6) is 0 Å². The average molecular weight is 406 g/mol. The van der Waals surface area contributed by atoms with Gasteiger partial charge in [0.05, 0.1) is 9.85 Å². The van der Waals surface area contributed by atoms with E-state index in [9.17, 15) is 37.8 Å². The molecule has 2 aromatic rings. The van der Waals surface area contributed by atoms with E-state index in [0.717, 1.165) is 24.3 Å². The molecule has 148 valence electrons. The van der Waals surface area contributed by atoms with Crippen LogP contribution in [-0.2, 0) is 11.3 Å². The Bertz CT molecular complexity index is 921. The van der Waals surface area contributed by atoms with Crippen LogP contribution >= 0.6 is 0 Å². The molecule has 0 heterocycles. The lowest BCUT2D eigenvalue weighted by Crippen LogP contribution is -2.82. The van der Waals surface area contributed by atoms with Gasteiger partial charge in [-0.1, -0.05) is 24.3 Å². The summed E-state index contributed by atoms with van der Waals surface area (Å²) in [6.45, 7) is 0. The molecule has 3 rings (SSSR count). The molecule has 0 radical (unpaired) electrons. The van der Waals surface area contributed by atoms with Crippen LogP contribution in [0.2, 0.25) is 0 Å². The molecule has 0 spiro atoms. The Morgan fingerprint density at radius 1 is 0.643 bits per heavy atom. The van der Waals surface area contributed by atoms with Gasteiger partial charge in [0.25, 0.3) is 11.4 Å². The van der Waals surface area contributed by atoms with Gasteiger partial charge in [-0.15, -0.1) is 0 Å². The molecule has 2 aromatic carbocycles. The number of halogens is 6. The van der Waals surface area contributed by atoms with Gasteiger partial charge in [0, 0.05) is 35.4 Å². The zero-order valence-corrected chi connectivity index (χ0v) is 13.4. The molecule has 2 atom stereocenters. The Kier molecular flexibility index (Phi) is 3.96. The summed E-state index contributed by atoms with van der Waals surface area (Å²) in [5.74, 6) is -11.2. The molecule has 12 heteroatoms.